The number of nitrogens with zero attached hydrogens (tertiary/aromatic N) is 1. The van der Waals surface area contributed by atoms with E-state index in [2.05, 4.69) is 10.3 Å². The molecule has 1 heterocycles. The second kappa shape index (κ2) is 3.63. The largest absolute Gasteiger partial charge is 0.365 e. The van der Waals surface area contributed by atoms with Gasteiger partial charge in [-0.15, -0.1) is 0 Å². The summed E-state index contributed by atoms with van der Waals surface area (Å²) in [6.07, 6.45) is 7.21. The highest BCUT2D eigenvalue weighted by Gasteiger charge is 2.42. The number of hydrogen-bond acceptors (Lipinski definition) is 5. The van der Waals surface area contributed by atoms with E-state index < -0.39 is 0 Å². The Labute approximate surface area is 102 Å². The van der Waals surface area contributed by atoms with E-state index in [9.17, 15) is 9.59 Å². The molecule has 2 unspecified atom stereocenters. The van der Waals surface area contributed by atoms with Crippen LogP contribution in [0.5, 0.6) is 0 Å². The van der Waals surface area contributed by atoms with Crippen LogP contribution in [0.3, 0.4) is 0 Å². The van der Waals surface area contributed by atoms with Crippen LogP contribution >= 0.6 is 11.3 Å². The minimum atomic E-state index is -0.369. The number of ketones is 2. The van der Waals surface area contributed by atoms with Crippen LogP contribution in [0.25, 0.3) is 0 Å². The Hall–Kier alpha value is -1.75. The molecular weight excluding hydrogens is 236 g/mol. The lowest BCUT2D eigenvalue weighted by Gasteiger charge is -2.25. The summed E-state index contributed by atoms with van der Waals surface area (Å²) in [5, 5.41) is 3.49. The number of fused-ring (bicyclic) bond motifs is 2. The molecule has 0 saturated heterocycles. The highest BCUT2D eigenvalue weighted by atomic mass is 32.1. The highest BCUT2D eigenvalue weighted by Crippen LogP contribution is 2.37. The molecule has 0 amide bonds. The molecule has 0 aromatic carbocycles. The number of carbonyl (C=O) groups is 2. The first-order valence-corrected chi connectivity index (χ1v) is 6.16. The van der Waals surface area contributed by atoms with E-state index in [0.29, 0.717) is 15.7 Å². The van der Waals surface area contributed by atoms with Crippen molar-refractivity contribution in [3.05, 3.63) is 34.9 Å². The van der Waals surface area contributed by atoms with Crippen LogP contribution in [0.4, 0.5) is 5.13 Å². The first kappa shape index (κ1) is 10.4. The summed E-state index contributed by atoms with van der Waals surface area (Å²) in [4.78, 5) is 29.1. The Bertz CT molecular complexity index is 524. The number of nitrogens with one attached hydrogen (secondary N) is 1. The maximum Gasteiger partial charge on any atom is 0.190 e. The highest BCUT2D eigenvalue weighted by molar-refractivity contribution is 7.18. The van der Waals surface area contributed by atoms with Gasteiger partial charge in [-0.2, -0.15) is 0 Å². The normalized spacial score (nSPS) is 25.7. The molecule has 0 radical (unpaired) electrons. The molecular formula is C12H10N2O2S. The molecule has 0 spiro atoms. The predicted octanol–water partition coefficient (Wildman–Crippen LogP) is 1.92. The lowest BCUT2D eigenvalue weighted by molar-refractivity contribution is 0.0802. The van der Waals surface area contributed by atoms with E-state index >= 15 is 0 Å². The molecule has 0 saturated carbocycles. The molecule has 2 atom stereocenters. The van der Waals surface area contributed by atoms with E-state index in [4.69, 9.17) is 0 Å². The van der Waals surface area contributed by atoms with Crippen molar-refractivity contribution in [2.45, 2.75) is 0 Å². The quantitative estimate of drug-likeness (QED) is 0.822. The van der Waals surface area contributed by atoms with E-state index in [1.54, 1.807) is 19.2 Å². The summed E-state index contributed by atoms with van der Waals surface area (Å²) in [6, 6.07) is 0. The average Bonchev–Trinajstić information content (AvgIpc) is 2.80. The molecule has 0 fully saturated rings. The summed E-state index contributed by atoms with van der Waals surface area (Å²) in [6.45, 7) is 0. The van der Waals surface area contributed by atoms with Gasteiger partial charge in [0.15, 0.2) is 16.7 Å². The van der Waals surface area contributed by atoms with Crippen molar-refractivity contribution < 1.29 is 9.59 Å². The molecule has 2 aliphatic rings. The van der Waals surface area contributed by atoms with Gasteiger partial charge in [-0.3, -0.25) is 9.59 Å². The fraction of sp³-hybridized carbons (Fsp3) is 0.250. The van der Waals surface area contributed by atoms with E-state index in [-0.39, 0.29) is 23.4 Å². The molecule has 0 aliphatic heterocycles. The van der Waals surface area contributed by atoms with Gasteiger partial charge in [0.2, 0.25) is 0 Å². The number of anilines is 1. The predicted molar refractivity (Wildman–Crippen MR) is 65.6 cm³/mol. The zero-order valence-corrected chi connectivity index (χ0v) is 9.95. The zero-order chi connectivity index (χ0) is 12.0. The van der Waals surface area contributed by atoms with Crippen molar-refractivity contribution in [1.29, 1.82) is 0 Å². The van der Waals surface area contributed by atoms with Crippen LogP contribution in [-0.2, 0) is 0 Å². The molecule has 3 rings (SSSR count). The third-order valence-corrected chi connectivity index (χ3v) is 4.13. The molecule has 1 aromatic rings. The third kappa shape index (κ3) is 1.39. The maximum absolute atomic E-state index is 12.2. The van der Waals surface area contributed by atoms with Gasteiger partial charge >= 0.3 is 0 Å². The molecule has 4 nitrogen and oxygen atoms in total. The fourth-order valence-electron chi connectivity index (χ4n) is 2.18. The number of hydrogen-bond donors (Lipinski definition) is 1. The maximum atomic E-state index is 12.2. The van der Waals surface area contributed by atoms with Crippen LogP contribution in [0.2, 0.25) is 0 Å². The Morgan fingerprint density at radius 2 is 1.82 bits per heavy atom. The van der Waals surface area contributed by atoms with Gasteiger partial charge in [0, 0.05) is 7.05 Å². The number of Topliss-reactive ketones (excluding diaryl/α,β-unsaturated/α-hetero) is 2. The first-order chi connectivity index (χ1) is 8.22. The van der Waals surface area contributed by atoms with Crippen LogP contribution < -0.4 is 5.32 Å². The van der Waals surface area contributed by atoms with Crippen molar-refractivity contribution in [1.82, 2.24) is 4.98 Å². The molecule has 0 bridgehead atoms. The minimum Gasteiger partial charge on any atom is -0.365 e. The van der Waals surface area contributed by atoms with Gasteiger partial charge in [0.1, 0.15) is 10.6 Å². The minimum absolute atomic E-state index is 0.00389. The summed E-state index contributed by atoms with van der Waals surface area (Å²) >= 11 is 1.25. The zero-order valence-electron chi connectivity index (χ0n) is 9.14. The summed E-state index contributed by atoms with van der Waals surface area (Å²) in [7, 11) is 1.73. The lowest BCUT2D eigenvalue weighted by atomic mass is 9.76. The molecule has 1 N–H and O–H groups in total. The van der Waals surface area contributed by atoms with Gasteiger partial charge in [0.05, 0.1) is 11.8 Å². The summed E-state index contributed by atoms with van der Waals surface area (Å²) in [5.74, 6) is -0.760. The van der Waals surface area contributed by atoms with Gasteiger partial charge in [-0.1, -0.05) is 35.6 Å². The Balaban J connectivity index is 2.16. The molecule has 5 heteroatoms. The topological polar surface area (TPSA) is 59.1 Å². The van der Waals surface area contributed by atoms with Crippen LogP contribution in [-0.4, -0.2) is 23.6 Å². The Morgan fingerprint density at radius 3 is 2.47 bits per heavy atom. The van der Waals surface area contributed by atoms with Crippen molar-refractivity contribution >= 4 is 28.0 Å². The van der Waals surface area contributed by atoms with E-state index in [1.807, 2.05) is 12.2 Å². The summed E-state index contributed by atoms with van der Waals surface area (Å²) in [5.41, 5.74) is 0.325. The van der Waals surface area contributed by atoms with Gasteiger partial charge < -0.3 is 5.32 Å². The van der Waals surface area contributed by atoms with Crippen LogP contribution in [0, 0.1) is 11.8 Å². The number of aromatic nitrogens is 1. The van der Waals surface area contributed by atoms with Gasteiger partial charge in [-0.25, -0.2) is 4.98 Å². The smallest absolute Gasteiger partial charge is 0.190 e. The van der Waals surface area contributed by atoms with Crippen molar-refractivity contribution in [2.75, 3.05) is 12.4 Å². The van der Waals surface area contributed by atoms with Crippen molar-refractivity contribution in [2.24, 2.45) is 11.8 Å². The Kier molecular flexibility index (Phi) is 2.22. The molecule has 86 valence electrons. The summed E-state index contributed by atoms with van der Waals surface area (Å²) < 4.78 is 0. The van der Waals surface area contributed by atoms with Crippen molar-refractivity contribution in [3.63, 3.8) is 0 Å². The van der Waals surface area contributed by atoms with Gasteiger partial charge in [0.25, 0.3) is 0 Å². The van der Waals surface area contributed by atoms with Crippen LogP contribution in [0.1, 0.15) is 20.2 Å². The SMILES string of the molecule is CNc1nc2c(s1)C(=O)C1C=CC=CC1C2=O. The number of allylic oxidation sites excluding steroid dienone is 4. The molecule has 2 aliphatic carbocycles. The monoisotopic (exact) mass is 246 g/mol. The Morgan fingerprint density at radius 1 is 1.18 bits per heavy atom. The average molecular weight is 246 g/mol. The van der Waals surface area contributed by atoms with Crippen molar-refractivity contribution in [3.8, 4) is 0 Å². The molecule has 1 aromatic heterocycles. The first-order valence-electron chi connectivity index (χ1n) is 5.34. The van der Waals surface area contributed by atoms with E-state index in [0.717, 1.165) is 0 Å². The van der Waals surface area contributed by atoms with Crippen LogP contribution in [0.15, 0.2) is 24.3 Å². The number of carbonyl (C=O) groups excluding carboxylic acids is 2. The second-order valence-corrected chi connectivity index (χ2v) is 5.00. The standard InChI is InChI=1S/C12H10N2O2S/c1-13-12-14-8-9(15)6-4-2-3-5-7(6)10(16)11(8)17-12/h2-7H,1H3,(H,13,14). The second-order valence-electron chi connectivity index (χ2n) is 4.00. The fourth-order valence-corrected chi connectivity index (χ4v) is 3.09. The van der Waals surface area contributed by atoms with E-state index in [1.165, 1.54) is 11.3 Å². The number of thiazole rings is 1. The number of rotatable bonds is 1. The lowest BCUT2D eigenvalue weighted by Crippen LogP contribution is -2.34. The third-order valence-electron chi connectivity index (χ3n) is 3.04. The molecule has 17 heavy (non-hydrogen) atoms. The van der Waals surface area contributed by atoms with Gasteiger partial charge in [-0.05, 0) is 0 Å².